The first-order chi connectivity index (χ1) is 9.06. The quantitative estimate of drug-likeness (QED) is 0.782. The summed E-state index contributed by atoms with van der Waals surface area (Å²) in [4.78, 5) is 11.9. The van der Waals surface area contributed by atoms with Crippen LogP contribution in [0.25, 0.3) is 0 Å². The maximum Gasteiger partial charge on any atom is 0.201 e. The van der Waals surface area contributed by atoms with Crippen LogP contribution in [0.3, 0.4) is 0 Å². The van der Waals surface area contributed by atoms with Crippen LogP contribution in [0.4, 0.5) is 4.39 Å². The minimum atomic E-state index is -0.425. The maximum absolute atomic E-state index is 12.9. The van der Waals surface area contributed by atoms with Crippen molar-refractivity contribution in [2.75, 3.05) is 6.61 Å². The van der Waals surface area contributed by atoms with E-state index in [1.54, 1.807) is 18.2 Å². The minimum absolute atomic E-state index is 0.233. The van der Waals surface area contributed by atoms with Gasteiger partial charge >= 0.3 is 0 Å². The van der Waals surface area contributed by atoms with Gasteiger partial charge < -0.3 is 4.74 Å². The second kappa shape index (κ2) is 6.04. The van der Waals surface area contributed by atoms with Gasteiger partial charge in [-0.1, -0.05) is 29.3 Å². The summed E-state index contributed by atoms with van der Waals surface area (Å²) >= 11 is 11.7. The van der Waals surface area contributed by atoms with Crippen LogP contribution < -0.4 is 4.74 Å². The van der Waals surface area contributed by atoms with Gasteiger partial charge in [-0.3, -0.25) is 4.79 Å². The van der Waals surface area contributed by atoms with Crippen molar-refractivity contribution in [3.8, 4) is 5.75 Å². The summed E-state index contributed by atoms with van der Waals surface area (Å²) < 4.78 is 18.1. The molecule has 0 aliphatic carbocycles. The molecule has 0 aliphatic heterocycles. The van der Waals surface area contributed by atoms with Gasteiger partial charge in [0.05, 0.1) is 5.02 Å². The van der Waals surface area contributed by atoms with E-state index in [0.717, 1.165) is 0 Å². The van der Waals surface area contributed by atoms with Crippen LogP contribution >= 0.6 is 23.2 Å². The van der Waals surface area contributed by atoms with E-state index in [2.05, 4.69) is 0 Å². The van der Waals surface area contributed by atoms with Crippen molar-refractivity contribution in [2.24, 2.45) is 0 Å². The fourth-order valence-electron chi connectivity index (χ4n) is 1.49. The second-order valence-electron chi connectivity index (χ2n) is 3.79. The highest BCUT2D eigenvalue weighted by molar-refractivity contribution is 6.35. The Morgan fingerprint density at radius 2 is 1.95 bits per heavy atom. The average Bonchev–Trinajstić information content (AvgIpc) is 2.39. The normalized spacial score (nSPS) is 10.3. The molecule has 0 fully saturated rings. The number of halogens is 3. The zero-order chi connectivity index (χ0) is 13.8. The third-order valence-electron chi connectivity index (χ3n) is 2.39. The molecule has 0 amide bonds. The number of carbonyl (C=O) groups excluding carboxylic acids is 1. The molecule has 0 radical (unpaired) electrons. The highest BCUT2D eigenvalue weighted by Gasteiger charge is 2.12. The van der Waals surface area contributed by atoms with Gasteiger partial charge in [-0.25, -0.2) is 4.39 Å². The molecule has 5 heteroatoms. The molecule has 2 aromatic rings. The Bertz CT molecular complexity index is 614. The van der Waals surface area contributed by atoms with Crippen molar-refractivity contribution in [1.82, 2.24) is 0 Å². The average molecular weight is 299 g/mol. The molecule has 0 unspecified atom stereocenters. The van der Waals surface area contributed by atoms with Crippen molar-refractivity contribution in [2.45, 2.75) is 0 Å². The lowest BCUT2D eigenvalue weighted by atomic mass is 10.1. The number of benzene rings is 2. The van der Waals surface area contributed by atoms with E-state index in [-0.39, 0.29) is 23.7 Å². The van der Waals surface area contributed by atoms with Crippen molar-refractivity contribution in [3.05, 3.63) is 63.9 Å². The fraction of sp³-hybridized carbons (Fsp3) is 0.0714. The number of ether oxygens (including phenoxy) is 1. The van der Waals surface area contributed by atoms with Gasteiger partial charge in [-0.15, -0.1) is 0 Å². The Kier molecular flexibility index (Phi) is 4.40. The molecule has 0 aromatic heterocycles. The number of rotatable bonds is 4. The summed E-state index contributed by atoms with van der Waals surface area (Å²) in [6.07, 6.45) is 0. The van der Waals surface area contributed by atoms with E-state index in [0.29, 0.717) is 10.0 Å². The van der Waals surface area contributed by atoms with Crippen molar-refractivity contribution in [1.29, 1.82) is 0 Å². The predicted octanol–water partition coefficient (Wildman–Crippen LogP) is 4.39. The summed E-state index contributed by atoms with van der Waals surface area (Å²) in [6.45, 7) is -0.233. The summed E-state index contributed by atoms with van der Waals surface area (Å²) in [5, 5.41) is 0.718. The van der Waals surface area contributed by atoms with Gasteiger partial charge in [-0.2, -0.15) is 0 Å². The van der Waals surface area contributed by atoms with Crippen LogP contribution in [0, 0.1) is 5.82 Å². The van der Waals surface area contributed by atoms with E-state index < -0.39 is 5.82 Å². The summed E-state index contributed by atoms with van der Waals surface area (Å²) in [5.41, 5.74) is 0.283. The summed E-state index contributed by atoms with van der Waals surface area (Å²) in [6, 6.07) is 10.2. The first-order valence-corrected chi connectivity index (χ1v) is 6.18. The lowest BCUT2D eigenvalue weighted by Crippen LogP contribution is -2.12. The molecule has 2 rings (SSSR count). The van der Waals surface area contributed by atoms with Crippen LogP contribution in [0.1, 0.15) is 10.4 Å². The third kappa shape index (κ3) is 3.69. The van der Waals surface area contributed by atoms with Crippen LogP contribution in [-0.4, -0.2) is 12.4 Å². The highest BCUT2D eigenvalue weighted by Crippen LogP contribution is 2.21. The van der Waals surface area contributed by atoms with Crippen LogP contribution in [0.5, 0.6) is 5.75 Å². The molecule has 0 saturated carbocycles. The molecule has 0 aliphatic rings. The molecule has 19 heavy (non-hydrogen) atoms. The summed E-state index contributed by atoms with van der Waals surface area (Å²) in [7, 11) is 0. The third-order valence-corrected chi connectivity index (χ3v) is 2.96. The Hall–Kier alpha value is -1.58. The number of hydrogen-bond donors (Lipinski definition) is 0. The SMILES string of the molecule is O=C(COc1cccc(F)c1)c1cc(Cl)ccc1Cl. The van der Waals surface area contributed by atoms with Crippen LogP contribution in [0.2, 0.25) is 10.0 Å². The Labute approximate surface area is 119 Å². The Balaban J connectivity index is 2.07. The van der Waals surface area contributed by atoms with Gasteiger partial charge in [0.25, 0.3) is 0 Å². The number of ketones is 1. The first kappa shape index (κ1) is 13.8. The molecule has 0 spiro atoms. The molecular formula is C14H9Cl2FO2. The number of carbonyl (C=O) groups is 1. The predicted molar refractivity (Wildman–Crippen MR) is 72.7 cm³/mol. The molecule has 0 N–H and O–H groups in total. The number of hydrogen-bond acceptors (Lipinski definition) is 2. The number of Topliss-reactive ketones (excluding diaryl/α,β-unsaturated/α-hetero) is 1. The van der Waals surface area contributed by atoms with E-state index in [1.165, 1.54) is 24.3 Å². The van der Waals surface area contributed by atoms with E-state index in [9.17, 15) is 9.18 Å². The molecule has 0 atom stereocenters. The topological polar surface area (TPSA) is 26.3 Å². The first-order valence-electron chi connectivity index (χ1n) is 5.43. The van der Waals surface area contributed by atoms with Crippen molar-refractivity contribution < 1.29 is 13.9 Å². The van der Waals surface area contributed by atoms with Gasteiger partial charge in [0.1, 0.15) is 11.6 Å². The molecule has 0 saturated heterocycles. The smallest absolute Gasteiger partial charge is 0.201 e. The van der Waals surface area contributed by atoms with Crippen LogP contribution in [0.15, 0.2) is 42.5 Å². The zero-order valence-electron chi connectivity index (χ0n) is 9.70. The van der Waals surface area contributed by atoms with Crippen molar-refractivity contribution >= 4 is 29.0 Å². The zero-order valence-corrected chi connectivity index (χ0v) is 11.2. The van der Waals surface area contributed by atoms with Gasteiger partial charge in [0.2, 0.25) is 5.78 Å². The molecule has 2 aromatic carbocycles. The van der Waals surface area contributed by atoms with E-state index in [1.807, 2.05) is 0 Å². The lowest BCUT2D eigenvalue weighted by Gasteiger charge is -2.07. The largest absolute Gasteiger partial charge is 0.485 e. The second-order valence-corrected chi connectivity index (χ2v) is 4.64. The van der Waals surface area contributed by atoms with E-state index >= 15 is 0 Å². The summed E-state index contributed by atoms with van der Waals surface area (Å²) in [5.74, 6) is -0.464. The van der Waals surface area contributed by atoms with Gasteiger partial charge in [-0.05, 0) is 30.3 Å². The molecule has 0 bridgehead atoms. The molecule has 98 valence electrons. The molecule has 0 heterocycles. The maximum atomic E-state index is 12.9. The molecule has 2 nitrogen and oxygen atoms in total. The minimum Gasteiger partial charge on any atom is -0.485 e. The van der Waals surface area contributed by atoms with Gasteiger partial charge in [0.15, 0.2) is 6.61 Å². The van der Waals surface area contributed by atoms with Crippen LogP contribution in [-0.2, 0) is 0 Å². The monoisotopic (exact) mass is 298 g/mol. The van der Waals surface area contributed by atoms with Gasteiger partial charge in [0, 0.05) is 16.7 Å². The highest BCUT2D eigenvalue weighted by atomic mass is 35.5. The Morgan fingerprint density at radius 3 is 2.68 bits per heavy atom. The standard InChI is InChI=1S/C14H9Cl2FO2/c15-9-4-5-13(16)12(6-9)14(18)8-19-11-3-1-2-10(17)7-11/h1-7H,8H2. The Morgan fingerprint density at radius 1 is 1.16 bits per heavy atom. The van der Waals surface area contributed by atoms with E-state index in [4.69, 9.17) is 27.9 Å². The molecular weight excluding hydrogens is 290 g/mol. The lowest BCUT2D eigenvalue weighted by molar-refractivity contribution is 0.0921. The van der Waals surface area contributed by atoms with Crippen molar-refractivity contribution in [3.63, 3.8) is 0 Å². The fourth-order valence-corrected chi connectivity index (χ4v) is 1.89.